The molecule has 202 valence electrons. The second-order valence-electron chi connectivity index (χ2n) is 8.26. The van der Waals surface area contributed by atoms with Gasteiger partial charge in [0, 0.05) is 18.7 Å². The summed E-state index contributed by atoms with van der Waals surface area (Å²) >= 11 is 0. The minimum atomic E-state index is -4.88. The van der Waals surface area contributed by atoms with E-state index in [1.54, 1.807) is 0 Å². The van der Waals surface area contributed by atoms with Crippen molar-refractivity contribution >= 4 is 17.5 Å². The summed E-state index contributed by atoms with van der Waals surface area (Å²) in [5.41, 5.74) is -3.49. The standard InChI is InChI=1S/C23H19F6N5O4/c1-2-33-19(21(36)30-11-6-7-11)32-34(22(33)37)16-9-17(38-10-23(27,28)29)12(8-15(16)26)20(35)31-18-13(24)4-3-5-14(18)25/h3-5,8-9,11H,2,6-7,10H2,1H3,(H,30,36)(H,31,35). The van der Waals surface area contributed by atoms with Crippen molar-refractivity contribution in [3.8, 4) is 11.4 Å². The van der Waals surface area contributed by atoms with Crippen molar-refractivity contribution in [2.24, 2.45) is 0 Å². The van der Waals surface area contributed by atoms with Crippen LogP contribution in [0.15, 0.2) is 35.1 Å². The monoisotopic (exact) mass is 543 g/mol. The van der Waals surface area contributed by atoms with Crippen molar-refractivity contribution in [1.29, 1.82) is 0 Å². The Balaban J connectivity index is 1.78. The predicted molar refractivity (Wildman–Crippen MR) is 120 cm³/mol. The molecule has 15 heteroatoms. The van der Waals surface area contributed by atoms with Gasteiger partial charge >= 0.3 is 11.9 Å². The number of nitrogens with one attached hydrogen (secondary N) is 2. The van der Waals surface area contributed by atoms with E-state index in [1.807, 2.05) is 5.32 Å². The summed E-state index contributed by atoms with van der Waals surface area (Å²) < 4.78 is 87.8. The summed E-state index contributed by atoms with van der Waals surface area (Å²) in [5.74, 6) is -7.04. The number of hydrogen-bond acceptors (Lipinski definition) is 5. The van der Waals surface area contributed by atoms with Crippen LogP contribution in [0, 0.1) is 17.5 Å². The molecule has 1 aliphatic rings. The first-order valence-electron chi connectivity index (χ1n) is 11.2. The average molecular weight is 543 g/mol. The number of benzene rings is 2. The minimum absolute atomic E-state index is 0.0417. The fourth-order valence-electron chi connectivity index (χ4n) is 3.44. The number of halogens is 6. The second kappa shape index (κ2) is 10.2. The molecule has 1 aliphatic carbocycles. The van der Waals surface area contributed by atoms with Gasteiger partial charge in [-0.2, -0.15) is 17.9 Å². The third-order valence-corrected chi connectivity index (χ3v) is 5.41. The van der Waals surface area contributed by atoms with Crippen LogP contribution < -0.4 is 21.1 Å². The van der Waals surface area contributed by atoms with Crippen LogP contribution in [-0.4, -0.2) is 45.0 Å². The molecule has 0 aliphatic heterocycles. The highest BCUT2D eigenvalue weighted by atomic mass is 19.4. The molecule has 2 aromatic carbocycles. The van der Waals surface area contributed by atoms with Gasteiger partial charge in [0.05, 0.1) is 5.56 Å². The number of nitrogens with zero attached hydrogens (tertiary/aromatic N) is 3. The van der Waals surface area contributed by atoms with Gasteiger partial charge in [0.2, 0.25) is 5.82 Å². The molecular formula is C23H19F6N5O4. The van der Waals surface area contributed by atoms with E-state index in [1.165, 1.54) is 6.92 Å². The van der Waals surface area contributed by atoms with E-state index in [0.717, 1.165) is 35.6 Å². The zero-order valence-electron chi connectivity index (χ0n) is 19.5. The first-order chi connectivity index (χ1) is 17.9. The molecule has 0 atom stereocenters. The maximum absolute atomic E-state index is 15.2. The summed E-state index contributed by atoms with van der Waals surface area (Å²) in [7, 11) is 0. The smallest absolute Gasteiger partial charge is 0.422 e. The van der Waals surface area contributed by atoms with Crippen LogP contribution in [0.25, 0.3) is 5.69 Å². The van der Waals surface area contributed by atoms with Gasteiger partial charge < -0.3 is 15.4 Å². The van der Waals surface area contributed by atoms with Crippen LogP contribution in [-0.2, 0) is 6.54 Å². The highest BCUT2D eigenvalue weighted by molar-refractivity contribution is 6.06. The summed E-state index contributed by atoms with van der Waals surface area (Å²) in [5, 5.41) is 8.30. The summed E-state index contributed by atoms with van der Waals surface area (Å²) in [6.45, 7) is -0.440. The average Bonchev–Trinajstić information content (AvgIpc) is 3.60. The second-order valence-corrected chi connectivity index (χ2v) is 8.26. The Kier molecular flexibility index (Phi) is 7.20. The molecule has 9 nitrogen and oxygen atoms in total. The van der Waals surface area contributed by atoms with E-state index >= 15 is 4.39 Å². The third-order valence-electron chi connectivity index (χ3n) is 5.41. The lowest BCUT2D eigenvalue weighted by Gasteiger charge is -2.15. The number of anilines is 1. The van der Waals surface area contributed by atoms with E-state index in [2.05, 4.69) is 15.2 Å². The first kappa shape index (κ1) is 26.8. The highest BCUT2D eigenvalue weighted by Crippen LogP contribution is 2.29. The SMILES string of the molecule is CCn1c(C(=O)NC2CC2)nn(-c2cc(OCC(F)(F)F)c(C(=O)Nc3c(F)cccc3F)cc2F)c1=O. The Bertz CT molecular complexity index is 1440. The Hall–Kier alpha value is -4.30. The maximum atomic E-state index is 15.2. The maximum Gasteiger partial charge on any atom is 0.422 e. The number of ether oxygens (including phenoxy) is 1. The molecule has 1 heterocycles. The number of carbonyl (C=O) groups is 2. The van der Waals surface area contributed by atoms with Gasteiger partial charge in [-0.15, -0.1) is 5.10 Å². The number of carbonyl (C=O) groups excluding carboxylic acids is 2. The van der Waals surface area contributed by atoms with Gasteiger partial charge in [0.1, 0.15) is 34.6 Å². The Morgan fingerprint density at radius 1 is 1.08 bits per heavy atom. The fourth-order valence-corrected chi connectivity index (χ4v) is 3.44. The molecule has 1 saturated carbocycles. The normalized spacial score (nSPS) is 13.3. The van der Waals surface area contributed by atoms with Crippen LogP contribution >= 0.6 is 0 Å². The van der Waals surface area contributed by atoms with Gasteiger partial charge in [0.15, 0.2) is 6.61 Å². The summed E-state index contributed by atoms with van der Waals surface area (Å²) in [6.07, 6.45) is -3.41. The van der Waals surface area contributed by atoms with E-state index in [0.29, 0.717) is 16.8 Å². The van der Waals surface area contributed by atoms with Gasteiger partial charge in [-0.1, -0.05) is 6.07 Å². The molecule has 2 N–H and O–H groups in total. The molecular weight excluding hydrogens is 524 g/mol. The molecule has 2 amide bonds. The molecule has 38 heavy (non-hydrogen) atoms. The number of rotatable bonds is 8. The van der Waals surface area contributed by atoms with Crippen molar-refractivity contribution in [2.75, 3.05) is 11.9 Å². The Labute approximate surface area is 210 Å². The molecule has 0 unspecified atom stereocenters. The minimum Gasteiger partial charge on any atom is -0.483 e. The molecule has 4 rings (SSSR count). The lowest BCUT2D eigenvalue weighted by Crippen LogP contribution is -2.30. The Morgan fingerprint density at radius 2 is 1.74 bits per heavy atom. The molecule has 1 fully saturated rings. The van der Waals surface area contributed by atoms with Crippen molar-refractivity contribution < 1.29 is 40.7 Å². The topological polar surface area (TPSA) is 107 Å². The number of para-hydroxylation sites is 1. The van der Waals surface area contributed by atoms with Crippen molar-refractivity contribution in [3.63, 3.8) is 0 Å². The number of alkyl halides is 3. The van der Waals surface area contributed by atoms with Gasteiger partial charge in [-0.3, -0.25) is 14.2 Å². The van der Waals surface area contributed by atoms with Crippen LogP contribution in [0.1, 0.15) is 40.7 Å². The lowest BCUT2D eigenvalue weighted by molar-refractivity contribution is -0.153. The zero-order chi connectivity index (χ0) is 27.8. The van der Waals surface area contributed by atoms with E-state index in [9.17, 15) is 36.3 Å². The van der Waals surface area contributed by atoms with Gasteiger partial charge in [0.25, 0.3) is 11.8 Å². The van der Waals surface area contributed by atoms with Crippen molar-refractivity contribution in [3.05, 3.63) is 69.7 Å². The molecule has 0 saturated heterocycles. The van der Waals surface area contributed by atoms with E-state index in [-0.39, 0.29) is 18.4 Å². The molecule has 0 spiro atoms. The largest absolute Gasteiger partial charge is 0.483 e. The highest BCUT2D eigenvalue weighted by Gasteiger charge is 2.31. The first-order valence-corrected chi connectivity index (χ1v) is 11.2. The van der Waals surface area contributed by atoms with Gasteiger partial charge in [-0.25, -0.2) is 18.0 Å². The summed E-state index contributed by atoms with van der Waals surface area (Å²) in [4.78, 5) is 38.1. The quantitative estimate of drug-likeness (QED) is 0.423. The van der Waals surface area contributed by atoms with Gasteiger partial charge in [-0.05, 0) is 38.0 Å². The van der Waals surface area contributed by atoms with Crippen LogP contribution in [0.5, 0.6) is 5.75 Å². The molecule has 3 aromatic rings. The van der Waals surface area contributed by atoms with Crippen LogP contribution in [0.4, 0.5) is 32.0 Å². The summed E-state index contributed by atoms with van der Waals surface area (Å²) in [6, 6.07) is 3.58. The fraction of sp³-hybridized carbons (Fsp3) is 0.304. The zero-order valence-corrected chi connectivity index (χ0v) is 19.5. The number of hydrogen-bond donors (Lipinski definition) is 2. The van der Waals surface area contributed by atoms with Crippen LogP contribution in [0.2, 0.25) is 0 Å². The molecule has 0 bridgehead atoms. The molecule has 1 aromatic heterocycles. The number of aromatic nitrogens is 3. The number of amides is 2. The Morgan fingerprint density at radius 3 is 2.32 bits per heavy atom. The predicted octanol–water partition coefficient (Wildman–Crippen LogP) is 3.56. The third kappa shape index (κ3) is 5.65. The van der Waals surface area contributed by atoms with E-state index < -0.39 is 70.4 Å². The van der Waals surface area contributed by atoms with E-state index in [4.69, 9.17) is 0 Å². The molecule has 0 radical (unpaired) electrons. The van der Waals surface area contributed by atoms with Crippen molar-refractivity contribution in [1.82, 2.24) is 19.7 Å². The van der Waals surface area contributed by atoms with Crippen molar-refractivity contribution in [2.45, 2.75) is 38.5 Å². The van der Waals surface area contributed by atoms with Crippen LogP contribution in [0.3, 0.4) is 0 Å². The lowest BCUT2D eigenvalue weighted by atomic mass is 10.1.